The van der Waals surface area contributed by atoms with Crippen molar-refractivity contribution in [2.24, 2.45) is 5.92 Å². The third kappa shape index (κ3) is 4.38. The van der Waals surface area contributed by atoms with Crippen LogP contribution in [0.1, 0.15) is 37.0 Å². The Bertz CT molecular complexity index is 764. The normalized spacial score (nSPS) is 19.5. The van der Waals surface area contributed by atoms with Gasteiger partial charge in [-0.1, -0.05) is 6.92 Å². The fraction of sp³-hybridized carbons (Fsp3) is 0.474. The summed E-state index contributed by atoms with van der Waals surface area (Å²) in [7, 11) is 0. The number of likely N-dealkylation sites (tertiary alicyclic amines) is 1. The summed E-state index contributed by atoms with van der Waals surface area (Å²) in [5, 5.41) is 3.06. The number of benzene rings is 1. The number of aromatic nitrogens is 2. The maximum absolute atomic E-state index is 12.4. The summed E-state index contributed by atoms with van der Waals surface area (Å²) in [6.07, 6.45) is 6.24. The van der Waals surface area contributed by atoms with Crippen LogP contribution < -0.4 is 5.32 Å². The van der Waals surface area contributed by atoms with Gasteiger partial charge in [0.15, 0.2) is 4.77 Å². The fourth-order valence-corrected chi connectivity index (χ4v) is 3.63. The Morgan fingerprint density at radius 1 is 1.40 bits per heavy atom. The van der Waals surface area contributed by atoms with Gasteiger partial charge >= 0.3 is 0 Å². The van der Waals surface area contributed by atoms with Crippen molar-refractivity contribution in [2.75, 3.05) is 19.6 Å². The summed E-state index contributed by atoms with van der Waals surface area (Å²) in [5.74, 6) is 0.723. The van der Waals surface area contributed by atoms with Gasteiger partial charge in [-0.3, -0.25) is 14.3 Å². The molecular weight excluding hydrogens is 332 g/mol. The molecule has 1 aliphatic rings. The van der Waals surface area contributed by atoms with Crippen LogP contribution in [0.2, 0.25) is 0 Å². The predicted molar refractivity (Wildman–Crippen MR) is 103 cm³/mol. The number of piperidine rings is 1. The minimum absolute atomic E-state index is 0.0267. The zero-order valence-corrected chi connectivity index (χ0v) is 15.7. The Labute approximate surface area is 154 Å². The van der Waals surface area contributed by atoms with Crippen LogP contribution in [0.4, 0.5) is 0 Å². The zero-order valence-electron chi connectivity index (χ0n) is 14.9. The monoisotopic (exact) mass is 358 g/mol. The summed E-state index contributed by atoms with van der Waals surface area (Å²) >= 11 is 5.22. The first-order valence-electron chi connectivity index (χ1n) is 8.93. The summed E-state index contributed by atoms with van der Waals surface area (Å²) in [6, 6.07) is 7.87. The van der Waals surface area contributed by atoms with Crippen LogP contribution in [0, 0.1) is 10.7 Å². The Hall–Kier alpha value is -1.92. The van der Waals surface area contributed by atoms with E-state index >= 15 is 0 Å². The van der Waals surface area contributed by atoms with Crippen molar-refractivity contribution in [3.05, 3.63) is 47.0 Å². The van der Waals surface area contributed by atoms with E-state index in [1.807, 2.05) is 35.0 Å². The average molecular weight is 359 g/mol. The van der Waals surface area contributed by atoms with E-state index in [1.165, 1.54) is 12.8 Å². The number of nitrogens with zero attached hydrogens (tertiary/aromatic N) is 2. The number of amides is 1. The molecule has 0 spiro atoms. The van der Waals surface area contributed by atoms with Gasteiger partial charge in [0.2, 0.25) is 0 Å². The number of hydrogen-bond donors (Lipinski definition) is 2. The Balaban J connectivity index is 1.56. The molecule has 1 saturated heterocycles. The van der Waals surface area contributed by atoms with E-state index in [4.69, 9.17) is 12.2 Å². The Kier molecular flexibility index (Phi) is 5.71. The maximum atomic E-state index is 12.4. The summed E-state index contributed by atoms with van der Waals surface area (Å²) in [6.45, 7) is 7.43. The molecule has 0 aliphatic carbocycles. The highest BCUT2D eigenvalue weighted by Crippen LogP contribution is 2.17. The average Bonchev–Trinajstić information content (AvgIpc) is 3.05. The molecule has 2 heterocycles. The van der Waals surface area contributed by atoms with E-state index in [1.54, 1.807) is 6.20 Å². The van der Waals surface area contributed by atoms with E-state index in [0.717, 1.165) is 24.7 Å². The first-order valence-corrected chi connectivity index (χ1v) is 9.34. The zero-order chi connectivity index (χ0) is 17.8. The highest BCUT2D eigenvalue weighted by Gasteiger charge is 2.21. The lowest BCUT2D eigenvalue weighted by atomic mass is 9.99. The molecule has 0 radical (unpaired) electrons. The summed E-state index contributed by atoms with van der Waals surface area (Å²) in [5.41, 5.74) is 1.61. The molecular formula is C19H26N4OS. The minimum atomic E-state index is -0.0267. The van der Waals surface area contributed by atoms with Crippen LogP contribution in [0.15, 0.2) is 36.7 Å². The Morgan fingerprint density at radius 3 is 2.80 bits per heavy atom. The first-order chi connectivity index (χ1) is 12.0. The first kappa shape index (κ1) is 17.9. The Morgan fingerprint density at radius 2 is 2.16 bits per heavy atom. The van der Waals surface area contributed by atoms with Crippen LogP contribution >= 0.6 is 12.2 Å². The summed E-state index contributed by atoms with van der Waals surface area (Å²) < 4.78 is 2.51. The van der Waals surface area contributed by atoms with Gasteiger partial charge in [0.1, 0.15) is 0 Å². The number of hydrogen-bond acceptors (Lipinski definition) is 3. The van der Waals surface area contributed by atoms with Gasteiger partial charge in [-0.15, -0.1) is 0 Å². The maximum Gasteiger partial charge on any atom is 0.251 e. The van der Waals surface area contributed by atoms with Gasteiger partial charge in [0.25, 0.3) is 5.91 Å². The summed E-state index contributed by atoms with van der Waals surface area (Å²) in [4.78, 5) is 17.8. The topological polar surface area (TPSA) is 53.1 Å². The van der Waals surface area contributed by atoms with E-state index in [-0.39, 0.29) is 5.91 Å². The molecule has 134 valence electrons. The second-order valence-electron chi connectivity index (χ2n) is 6.98. The SMILES string of the molecule is C[C@@H]1CCCN([C@H](C)CNC(=O)c2ccc(-n3cc[nH]c3=S)cc2)C1. The molecule has 5 nitrogen and oxygen atoms in total. The van der Waals surface area contributed by atoms with Crippen LogP contribution in [-0.2, 0) is 0 Å². The molecule has 2 atom stereocenters. The van der Waals surface area contributed by atoms with E-state index in [9.17, 15) is 4.79 Å². The lowest BCUT2D eigenvalue weighted by Gasteiger charge is -2.35. The number of carbonyl (C=O) groups is 1. The van der Waals surface area contributed by atoms with Crippen molar-refractivity contribution in [1.29, 1.82) is 0 Å². The predicted octanol–water partition coefficient (Wildman–Crippen LogP) is 3.39. The molecule has 1 aromatic heterocycles. The quantitative estimate of drug-likeness (QED) is 0.806. The lowest BCUT2D eigenvalue weighted by molar-refractivity contribution is 0.0917. The third-order valence-corrected chi connectivity index (χ3v) is 5.24. The second kappa shape index (κ2) is 7.97. The standard InChI is InChI=1S/C19H26N4OS/c1-14-4-3-10-22(13-14)15(2)12-21-18(24)16-5-7-17(8-6-16)23-11-9-20-19(23)25/h5-9,11,14-15H,3-4,10,12-13H2,1-2H3,(H,20,25)(H,21,24)/t14-,15-/m1/s1. The second-order valence-corrected chi connectivity index (χ2v) is 7.37. The molecule has 0 bridgehead atoms. The number of nitrogens with one attached hydrogen (secondary N) is 2. The largest absolute Gasteiger partial charge is 0.350 e. The molecule has 1 amide bonds. The number of aromatic amines is 1. The minimum Gasteiger partial charge on any atom is -0.350 e. The molecule has 1 fully saturated rings. The van der Waals surface area contributed by atoms with Crippen molar-refractivity contribution in [3.8, 4) is 5.69 Å². The van der Waals surface area contributed by atoms with Gasteiger partial charge in [-0.05, 0) is 68.7 Å². The van der Waals surface area contributed by atoms with Gasteiger partial charge in [-0.25, -0.2) is 0 Å². The van der Waals surface area contributed by atoms with Crippen molar-refractivity contribution in [1.82, 2.24) is 19.8 Å². The van der Waals surface area contributed by atoms with Crippen molar-refractivity contribution < 1.29 is 4.79 Å². The number of carbonyl (C=O) groups excluding carboxylic acids is 1. The van der Waals surface area contributed by atoms with Crippen LogP contribution in [-0.4, -0.2) is 46.0 Å². The van der Waals surface area contributed by atoms with Crippen LogP contribution in [0.5, 0.6) is 0 Å². The number of rotatable bonds is 5. The molecule has 2 aromatic rings. The molecule has 0 unspecified atom stereocenters. The highest BCUT2D eigenvalue weighted by atomic mass is 32.1. The molecule has 1 aliphatic heterocycles. The van der Waals surface area contributed by atoms with Crippen molar-refractivity contribution >= 4 is 18.1 Å². The van der Waals surface area contributed by atoms with Crippen LogP contribution in [0.3, 0.4) is 0 Å². The molecule has 3 rings (SSSR count). The van der Waals surface area contributed by atoms with Gasteiger partial charge < -0.3 is 10.3 Å². The van der Waals surface area contributed by atoms with E-state index in [0.29, 0.717) is 22.9 Å². The molecule has 25 heavy (non-hydrogen) atoms. The highest BCUT2D eigenvalue weighted by molar-refractivity contribution is 7.71. The fourth-order valence-electron chi connectivity index (χ4n) is 3.39. The lowest BCUT2D eigenvalue weighted by Crippen LogP contribution is -2.46. The molecule has 6 heteroatoms. The van der Waals surface area contributed by atoms with Crippen molar-refractivity contribution in [2.45, 2.75) is 32.7 Å². The number of imidazole rings is 1. The third-order valence-electron chi connectivity index (χ3n) is 4.93. The van der Waals surface area contributed by atoms with E-state index < -0.39 is 0 Å². The van der Waals surface area contributed by atoms with Gasteiger partial charge in [0.05, 0.1) is 0 Å². The number of H-pyrrole nitrogens is 1. The van der Waals surface area contributed by atoms with E-state index in [2.05, 4.69) is 29.0 Å². The van der Waals surface area contributed by atoms with Gasteiger partial charge in [-0.2, -0.15) is 0 Å². The molecule has 2 N–H and O–H groups in total. The van der Waals surface area contributed by atoms with Crippen LogP contribution in [0.25, 0.3) is 5.69 Å². The molecule has 1 aromatic carbocycles. The van der Waals surface area contributed by atoms with Gasteiger partial charge in [0, 0.05) is 42.8 Å². The van der Waals surface area contributed by atoms with Crippen molar-refractivity contribution in [3.63, 3.8) is 0 Å². The molecule has 0 saturated carbocycles. The smallest absolute Gasteiger partial charge is 0.251 e.